The summed E-state index contributed by atoms with van der Waals surface area (Å²) < 4.78 is 9.55. The van der Waals surface area contributed by atoms with E-state index in [1.807, 2.05) is 0 Å². The first-order valence-corrected chi connectivity index (χ1v) is 3.49. The lowest BCUT2D eigenvalue weighted by Crippen LogP contribution is -2.01. The van der Waals surface area contributed by atoms with Crippen LogP contribution in [0.15, 0.2) is 4.52 Å². The van der Waals surface area contributed by atoms with Crippen LogP contribution < -0.4 is 4.74 Å². The maximum atomic E-state index is 10.6. The molecule has 1 rings (SSSR count). The van der Waals surface area contributed by atoms with Crippen LogP contribution in [-0.4, -0.2) is 22.8 Å². The lowest BCUT2D eigenvalue weighted by atomic mass is 10.2. The van der Waals surface area contributed by atoms with Crippen molar-refractivity contribution in [1.82, 2.24) is 5.16 Å². The molecule has 0 aliphatic carbocycles. The van der Waals surface area contributed by atoms with Crippen molar-refractivity contribution in [3.05, 3.63) is 11.3 Å². The fourth-order valence-electron chi connectivity index (χ4n) is 0.821. The Morgan fingerprint density at radius 1 is 1.75 bits per heavy atom. The fourth-order valence-corrected chi connectivity index (χ4v) is 0.821. The normalized spacial score (nSPS) is 9.83. The molecule has 12 heavy (non-hydrogen) atoms. The Morgan fingerprint density at radius 2 is 2.42 bits per heavy atom. The number of carboxylic acids is 1. The van der Waals surface area contributed by atoms with Crippen molar-refractivity contribution < 1.29 is 19.2 Å². The first-order chi connectivity index (χ1) is 5.66. The van der Waals surface area contributed by atoms with Gasteiger partial charge < -0.3 is 14.4 Å². The van der Waals surface area contributed by atoms with E-state index in [0.29, 0.717) is 12.3 Å². The third-order valence-electron chi connectivity index (χ3n) is 1.32. The second-order valence-electron chi connectivity index (χ2n) is 2.17. The molecule has 0 atom stereocenters. The number of aromatic nitrogens is 1. The van der Waals surface area contributed by atoms with Crippen LogP contribution in [0.4, 0.5) is 0 Å². The van der Waals surface area contributed by atoms with Gasteiger partial charge in [0, 0.05) is 0 Å². The van der Waals surface area contributed by atoms with Gasteiger partial charge in [-0.2, -0.15) is 0 Å². The molecule has 5 heteroatoms. The number of nitrogens with zero attached hydrogens (tertiary/aromatic N) is 1. The molecule has 66 valence electrons. The van der Waals surface area contributed by atoms with Crippen molar-refractivity contribution in [2.45, 2.75) is 13.8 Å². The molecule has 0 bridgehead atoms. The Hall–Kier alpha value is -1.52. The summed E-state index contributed by atoms with van der Waals surface area (Å²) in [5.74, 6) is -1.11. The Balaban J connectivity index is 3.04. The number of rotatable bonds is 3. The van der Waals surface area contributed by atoms with Gasteiger partial charge in [0.05, 0.1) is 12.3 Å². The van der Waals surface area contributed by atoms with Gasteiger partial charge in [-0.15, -0.1) is 0 Å². The third-order valence-corrected chi connectivity index (χ3v) is 1.32. The van der Waals surface area contributed by atoms with Crippen LogP contribution in [-0.2, 0) is 0 Å². The molecule has 0 saturated carbocycles. The number of carboxylic acid groups (broad SMARTS) is 1. The summed E-state index contributed by atoms with van der Waals surface area (Å²) in [4.78, 5) is 10.6. The van der Waals surface area contributed by atoms with E-state index in [9.17, 15) is 4.79 Å². The zero-order valence-electron chi connectivity index (χ0n) is 6.83. The van der Waals surface area contributed by atoms with E-state index in [1.54, 1.807) is 13.8 Å². The van der Waals surface area contributed by atoms with Gasteiger partial charge in [0.2, 0.25) is 0 Å². The zero-order valence-corrected chi connectivity index (χ0v) is 6.83. The minimum atomic E-state index is -1.09. The Kier molecular flexibility index (Phi) is 2.32. The van der Waals surface area contributed by atoms with Gasteiger partial charge in [0.15, 0.2) is 5.56 Å². The van der Waals surface area contributed by atoms with Gasteiger partial charge in [0.1, 0.15) is 0 Å². The number of aryl methyl sites for hydroxylation is 1. The Bertz CT molecular complexity index is 292. The van der Waals surface area contributed by atoms with Crippen LogP contribution in [0, 0.1) is 6.92 Å². The zero-order chi connectivity index (χ0) is 9.14. The van der Waals surface area contributed by atoms with Crippen LogP contribution in [0.5, 0.6) is 5.95 Å². The molecule has 1 N–H and O–H groups in total. The third kappa shape index (κ3) is 1.39. The van der Waals surface area contributed by atoms with Crippen molar-refractivity contribution in [3.8, 4) is 5.95 Å². The van der Waals surface area contributed by atoms with E-state index in [-0.39, 0.29) is 11.5 Å². The van der Waals surface area contributed by atoms with E-state index < -0.39 is 5.97 Å². The molecular formula is C7H9NO4. The summed E-state index contributed by atoms with van der Waals surface area (Å²) in [6.45, 7) is 3.65. The number of hydrogen-bond acceptors (Lipinski definition) is 4. The van der Waals surface area contributed by atoms with Crippen LogP contribution >= 0.6 is 0 Å². The van der Waals surface area contributed by atoms with Crippen LogP contribution in [0.2, 0.25) is 0 Å². The average Bonchev–Trinajstić information content (AvgIpc) is 2.32. The number of hydrogen-bond donors (Lipinski definition) is 1. The lowest BCUT2D eigenvalue weighted by molar-refractivity contribution is 0.0688. The highest BCUT2D eigenvalue weighted by atomic mass is 16.6. The van der Waals surface area contributed by atoms with Crippen molar-refractivity contribution in [3.63, 3.8) is 0 Å². The van der Waals surface area contributed by atoms with Crippen molar-refractivity contribution in [2.75, 3.05) is 6.61 Å². The molecular weight excluding hydrogens is 162 g/mol. The van der Waals surface area contributed by atoms with Gasteiger partial charge in [-0.1, -0.05) is 5.16 Å². The van der Waals surface area contributed by atoms with Crippen molar-refractivity contribution >= 4 is 5.97 Å². The van der Waals surface area contributed by atoms with E-state index in [0.717, 1.165) is 0 Å². The predicted molar refractivity (Wildman–Crippen MR) is 39.4 cm³/mol. The van der Waals surface area contributed by atoms with Crippen LogP contribution in [0.25, 0.3) is 0 Å². The van der Waals surface area contributed by atoms with E-state index >= 15 is 0 Å². The van der Waals surface area contributed by atoms with Crippen LogP contribution in [0.3, 0.4) is 0 Å². The van der Waals surface area contributed by atoms with E-state index in [2.05, 4.69) is 9.68 Å². The maximum Gasteiger partial charge on any atom is 0.345 e. The van der Waals surface area contributed by atoms with Gasteiger partial charge >= 0.3 is 11.9 Å². The largest absolute Gasteiger partial charge is 0.477 e. The SMILES string of the molecule is CCOc1onc(C)c1C(=O)O. The summed E-state index contributed by atoms with van der Waals surface area (Å²) in [5.41, 5.74) is 0.322. The summed E-state index contributed by atoms with van der Waals surface area (Å²) in [6.07, 6.45) is 0. The molecule has 0 fully saturated rings. The average molecular weight is 171 g/mol. The second-order valence-corrected chi connectivity index (χ2v) is 2.17. The summed E-state index contributed by atoms with van der Waals surface area (Å²) in [5, 5.41) is 12.2. The number of carbonyl (C=O) groups is 1. The molecule has 0 spiro atoms. The molecule has 0 aliphatic rings. The number of aromatic carboxylic acids is 1. The lowest BCUT2D eigenvalue weighted by Gasteiger charge is -1.96. The van der Waals surface area contributed by atoms with Crippen molar-refractivity contribution in [2.24, 2.45) is 0 Å². The first kappa shape index (κ1) is 8.58. The second kappa shape index (κ2) is 3.25. The predicted octanol–water partition coefficient (Wildman–Crippen LogP) is 1.08. The quantitative estimate of drug-likeness (QED) is 0.736. The Morgan fingerprint density at radius 3 is 2.92 bits per heavy atom. The summed E-state index contributed by atoms with van der Waals surface area (Å²) in [6, 6.07) is 0. The van der Waals surface area contributed by atoms with E-state index in [4.69, 9.17) is 9.84 Å². The molecule has 1 aromatic heterocycles. The summed E-state index contributed by atoms with van der Waals surface area (Å²) in [7, 11) is 0. The minimum absolute atomic E-state index is 0.00292. The molecule has 0 radical (unpaired) electrons. The van der Waals surface area contributed by atoms with Gasteiger partial charge in [-0.05, 0) is 13.8 Å². The van der Waals surface area contributed by atoms with Gasteiger partial charge in [-0.25, -0.2) is 4.79 Å². The maximum absolute atomic E-state index is 10.6. The first-order valence-electron chi connectivity index (χ1n) is 3.49. The smallest absolute Gasteiger partial charge is 0.345 e. The van der Waals surface area contributed by atoms with E-state index in [1.165, 1.54) is 0 Å². The summed E-state index contributed by atoms with van der Waals surface area (Å²) >= 11 is 0. The molecule has 1 aromatic rings. The molecule has 5 nitrogen and oxygen atoms in total. The fraction of sp³-hybridized carbons (Fsp3) is 0.429. The molecule has 0 aliphatic heterocycles. The Labute approximate surface area is 68.9 Å². The standard InChI is InChI=1S/C7H9NO4/c1-3-11-7-5(6(9)10)4(2)8-12-7/h3H2,1-2H3,(H,9,10). The van der Waals surface area contributed by atoms with Crippen LogP contribution in [0.1, 0.15) is 23.0 Å². The topological polar surface area (TPSA) is 72.6 Å². The van der Waals surface area contributed by atoms with Crippen molar-refractivity contribution in [1.29, 1.82) is 0 Å². The highest BCUT2D eigenvalue weighted by Gasteiger charge is 2.20. The highest BCUT2D eigenvalue weighted by Crippen LogP contribution is 2.21. The monoisotopic (exact) mass is 171 g/mol. The van der Waals surface area contributed by atoms with Gasteiger partial charge in [0.25, 0.3) is 0 Å². The highest BCUT2D eigenvalue weighted by molar-refractivity contribution is 5.91. The minimum Gasteiger partial charge on any atom is -0.477 e. The number of ether oxygens (including phenoxy) is 1. The molecule has 0 unspecified atom stereocenters. The van der Waals surface area contributed by atoms with Gasteiger partial charge in [-0.3, -0.25) is 0 Å². The molecule has 0 saturated heterocycles. The molecule has 0 aromatic carbocycles. The molecule has 1 heterocycles. The molecule has 0 amide bonds.